The normalized spacial score (nSPS) is 18.6. The summed E-state index contributed by atoms with van der Waals surface area (Å²) in [6.07, 6.45) is 6.86. The van der Waals surface area contributed by atoms with Gasteiger partial charge in [0, 0.05) is 60.0 Å². The van der Waals surface area contributed by atoms with E-state index in [1.165, 1.54) is 22.4 Å². The lowest BCUT2D eigenvalue weighted by Crippen LogP contribution is -2.39. The number of carbonyl (C=O) groups is 1. The van der Waals surface area contributed by atoms with E-state index < -0.39 is 17.7 Å². The number of pyridine rings is 1. The minimum atomic E-state index is -1.12. The molecule has 8 heteroatoms. The number of hydrogen-bond acceptors (Lipinski definition) is 7. The van der Waals surface area contributed by atoms with E-state index in [9.17, 15) is 9.90 Å². The van der Waals surface area contributed by atoms with Gasteiger partial charge in [0.1, 0.15) is 12.1 Å². The number of aromatic nitrogens is 3. The zero-order valence-corrected chi connectivity index (χ0v) is 27.5. The van der Waals surface area contributed by atoms with Crippen molar-refractivity contribution in [2.45, 2.75) is 105 Å². The fourth-order valence-electron chi connectivity index (χ4n) is 7.26. The van der Waals surface area contributed by atoms with Crippen molar-refractivity contribution in [1.29, 1.82) is 0 Å². The second kappa shape index (κ2) is 11.4. The number of nitrogens with zero attached hydrogens (tertiary/aromatic N) is 5. The molecule has 3 aromatic rings. The van der Waals surface area contributed by atoms with Gasteiger partial charge in [0.05, 0.1) is 11.3 Å². The van der Waals surface area contributed by atoms with E-state index >= 15 is 0 Å². The van der Waals surface area contributed by atoms with E-state index in [-0.39, 0.29) is 5.41 Å². The maximum Gasteiger partial charge on any atom is 0.337 e. The van der Waals surface area contributed by atoms with E-state index in [4.69, 9.17) is 14.7 Å². The first-order valence-corrected chi connectivity index (χ1v) is 16.2. The Labute approximate surface area is 261 Å². The summed E-state index contributed by atoms with van der Waals surface area (Å²) in [5, 5.41) is 10.5. The molecule has 8 nitrogen and oxygen atoms in total. The Kier molecular flexibility index (Phi) is 7.93. The largest absolute Gasteiger partial charge is 0.479 e. The number of aryl methyl sites for hydroxylation is 3. The Morgan fingerprint density at radius 3 is 2.43 bits per heavy atom. The van der Waals surface area contributed by atoms with Gasteiger partial charge in [0.2, 0.25) is 0 Å². The van der Waals surface area contributed by atoms with Crippen molar-refractivity contribution >= 4 is 17.5 Å². The standard InChI is InChI=1S/C36H47N5O3/c1-22-29(25-11-12-26-20-41(16-13-24(26)19-25)33-27-9-8-10-28(27)37-21-38-33)31(40-17-14-36(6,7)15-18-40)30(23(2)39-22)32(34(42)43)44-35(3,4)5/h11-12,19,21,32H,8-10,13-18,20H2,1-7H3,(H,42,43)/t32-/m0/s1. The number of anilines is 2. The topological polar surface area (TPSA) is 91.7 Å². The Balaban J connectivity index is 1.43. The first kappa shape index (κ1) is 30.5. The van der Waals surface area contributed by atoms with Crippen LogP contribution in [-0.2, 0) is 35.3 Å². The van der Waals surface area contributed by atoms with E-state index in [0.29, 0.717) is 11.3 Å². The summed E-state index contributed by atoms with van der Waals surface area (Å²) in [7, 11) is 0. The molecule has 1 aromatic carbocycles. The van der Waals surface area contributed by atoms with Crippen LogP contribution in [0.1, 0.15) is 99.3 Å². The van der Waals surface area contributed by atoms with Crippen LogP contribution >= 0.6 is 0 Å². The van der Waals surface area contributed by atoms with Crippen molar-refractivity contribution < 1.29 is 14.6 Å². The molecule has 44 heavy (non-hydrogen) atoms. The van der Waals surface area contributed by atoms with Gasteiger partial charge in [-0.15, -0.1) is 0 Å². The zero-order chi connectivity index (χ0) is 31.4. The lowest BCUT2D eigenvalue weighted by atomic mass is 9.81. The molecule has 0 unspecified atom stereocenters. The van der Waals surface area contributed by atoms with Gasteiger partial charge in [-0.1, -0.05) is 32.0 Å². The molecule has 0 saturated carbocycles. The highest BCUT2D eigenvalue weighted by atomic mass is 16.5. The van der Waals surface area contributed by atoms with Gasteiger partial charge in [-0.05, 0) is 95.2 Å². The highest BCUT2D eigenvalue weighted by molar-refractivity contribution is 5.88. The number of carboxylic acids is 1. The van der Waals surface area contributed by atoms with Crippen molar-refractivity contribution in [3.63, 3.8) is 0 Å². The molecule has 1 fully saturated rings. The molecular formula is C36H47N5O3. The van der Waals surface area contributed by atoms with Crippen LogP contribution in [0.3, 0.4) is 0 Å². The second-order valence-electron chi connectivity index (χ2n) is 14.7. The van der Waals surface area contributed by atoms with Crippen molar-refractivity contribution in [1.82, 2.24) is 15.0 Å². The van der Waals surface area contributed by atoms with Gasteiger partial charge in [-0.25, -0.2) is 14.8 Å². The number of benzene rings is 1. The van der Waals surface area contributed by atoms with E-state index in [1.54, 1.807) is 6.33 Å². The predicted octanol–water partition coefficient (Wildman–Crippen LogP) is 6.77. The summed E-state index contributed by atoms with van der Waals surface area (Å²) in [5.41, 5.74) is 10.2. The molecule has 234 valence electrons. The minimum Gasteiger partial charge on any atom is -0.479 e. The van der Waals surface area contributed by atoms with Crippen molar-refractivity contribution in [2.75, 3.05) is 29.4 Å². The number of carboxylic acid groups (broad SMARTS) is 1. The predicted molar refractivity (Wildman–Crippen MR) is 174 cm³/mol. The Morgan fingerprint density at radius 1 is 0.977 bits per heavy atom. The quantitative estimate of drug-likeness (QED) is 0.333. The van der Waals surface area contributed by atoms with E-state index in [0.717, 1.165) is 93.0 Å². The molecule has 2 aromatic heterocycles. The van der Waals surface area contributed by atoms with E-state index in [1.807, 2.05) is 27.7 Å². The summed E-state index contributed by atoms with van der Waals surface area (Å²) in [6, 6.07) is 6.77. The Hall–Kier alpha value is -3.52. The Morgan fingerprint density at radius 2 is 1.73 bits per heavy atom. The minimum absolute atomic E-state index is 0.254. The molecule has 0 spiro atoms. The average Bonchev–Trinajstić information content (AvgIpc) is 3.44. The molecule has 0 bridgehead atoms. The van der Waals surface area contributed by atoms with Crippen molar-refractivity contribution in [3.8, 4) is 11.1 Å². The van der Waals surface area contributed by atoms with Gasteiger partial charge in [-0.2, -0.15) is 0 Å². The van der Waals surface area contributed by atoms with Crippen molar-refractivity contribution in [3.05, 3.63) is 63.9 Å². The second-order valence-corrected chi connectivity index (χ2v) is 14.7. The lowest BCUT2D eigenvalue weighted by molar-refractivity contribution is -0.160. The molecule has 0 radical (unpaired) electrons. The monoisotopic (exact) mass is 597 g/mol. The van der Waals surface area contributed by atoms with Gasteiger partial charge >= 0.3 is 5.97 Å². The third kappa shape index (κ3) is 5.93. The maximum atomic E-state index is 12.8. The van der Waals surface area contributed by atoms with Crippen molar-refractivity contribution in [2.24, 2.45) is 5.41 Å². The fourth-order valence-corrected chi connectivity index (χ4v) is 7.26. The number of fused-ring (bicyclic) bond motifs is 2. The molecule has 1 atom stereocenters. The number of aliphatic carboxylic acids is 1. The first-order chi connectivity index (χ1) is 20.8. The third-order valence-electron chi connectivity index (χ3n) is 9.63. The fraction of sp³-hybridized carbons (Fsp3) is 0.556. The van der Waals surface area contributed by atoms with Crippen LogP contribution in [-0.4, -0.2) is 51.3 Å². The molecular weight excluding hydrogens is 550 g/mol. The molecule has 1 aliphatic carbocycles. The summed E-state index contributed by atoms with van der Waals surface area (Å²) < 4.78 is 6.26. The molecule has 1 saturated heterocycles. The van der Waals surface area contributed by atoms with Crippen LogP contribution in [0.5, 0.6) is 0 Å². The molecule has 0 amide bonds. The summed E-state index contributed by atoms with van der Waals surface area (Å²) >= 11 is 0. The van der Waals surface area contributed by atoms with Crippen LogP contribution in [0.2, 0.25) is 0 Å². The SMILES string of the molecule is Cc1nc(C)c([C@H](OC(C)(C)C)C(=O)O)c(N2CCC(C)(C)CC2)c1-c1ccc2c(c1)CCN(c1ncnc3c1CCC3)C2. The third-order valence-corrected chi connectivity index (χ3v) is 9.63. The van der Waals surface area contributed by atoms with Crippen LogP contribution in [0, 0.1) is 19.3 Å². The smallest absolute Gasteiger partial charge is 0.337 e. The number of ether oxygens (including phenoxy) is 1. The van der Waals surface area contributed by atoms with Gasteiger partial charge in [0.15, 0.2) is 6.10 Å². The van der Waals surface area contributed by atoms with Crippen LogP contribution in [0.4, 0.5) is 11.5 Å². The zero-order valence-electron chi connectivity index (χ0n) is 27.5. The van der Waals surface area contributed by atoms with Crippen LogP contribution in [0.15, 0.2) is 24.5 Å². The van der Waals surface area contributed by atoms with Crippen LogP contribution < -0.4 is 9.80 Å². The Bertz CT molecular complexity index is 1580. The summed E-state index contributed by atoms with van der Waals surface area (Å²) in [4.78, 5) is 31.8. The average molecular weight is 598 g/mol. The summed E-state index contributed by atoms with van der Waals surface area (Å²) in [6.45, 7) is 17.8. The molecule has 3 aliphatic rings. The van der Waals surface area contributed by atoms with Gasteiger partial charge in [-0.3, -0.25) is 4.98 Å². The highest BCUT2D eigenvalue weighted by Gasteiger charge is 2.37. The summed E-state index contributed by atoms with van der Waals surface area (Å²) in [5.74, 6) is 0.110. The van der Waals surface area contributed by atoms with Gasteiger partial charge in [0.25, 0.3) is 0 Å². The first-order valence-electron chi connectivity index (χ1n) is 16.2. The molecule has 1 N–H and O–H groups in total. The lowest BCUT2D eigenvalue weighted by Gasteiger charge is -2.41. The van der Waals surface area contributed by atoms with Crippen LogP contribution in [0.25, 0.3) is 11.1 Å². The maximum absolute atomic E-state index is 12.8. The van der Waals surface area contributed by atoms with Gasteiger partial charge < -0.3 is 19.6 Å². The number of piperidine rings is 1. The van der Waals surface area contributed by atoms with E-state index in [2.05, 4.69) is 53.8 Å². The number of hydrogen-bond donors (Lipinski definition) is 1. The molecule has 6 rings (SSSR count). The highest BCUT2D eigenvalue weighted by Crippen LogP contribution is 2.45. The molecule has 2 aliphatic heterocycles. The number of rotatable bonds is 6. The molecule has 4 heterocycles.